The Labute approximate surface area is 155 Å². The number of carbonyl (C=O) groups excluding carboxylic acids is 1. The topological polar surface area (TPSA) is 51.5 Å². The van der Waals surface area contributed by atoms with Gasteiger partial charge in [0.2, 0.25) is 0 Å². The smallest absolute Gasteiger partial charge is 0.287 e. The van der Waals surface area contributed by atoms with E-state index >= 15 is 0 Å². The molecule has 2 aromatic carbocycles. The van der Waals surface area contributed by atoms with Crippen molar-refractivity contribution in [3.05, 3.63) is 63.8 Å². The first-order valence-electron chi connectivity index (χ1n) is 7.83. The van der Waals surface area contributed by atoms with Gasteiger partial charge in [0.15, 0.2) is 5.76 Å². The molecule has 0 aliphatic carbocycles. The van der Waals surface area contributed by atoms with Crippen LogP contribution in [0.25, 0.3) is 11.0 Å². The van der Waals surface area contributed by atoms with Gasteiger partial charge in [-0.2, -0.15) is 0 Å². The van der Waals surface area contributed by atoms with E-state index in [2.05, 4.69) is 5.32 Å². The summed E-state index contributed by atoms with van der Waals surface area (Å²) < 4.78 is 11.4. The van der Waals surface area contributed by atoms with Crippen molar-refractivity contribution in [2.24, 2.45) is 0 Å². The van der Waals surface area contributed by atoms with E-state index in [4.69, 9.17) is 32.4 Å². The summed E-state index contributed by atoms with van der Waals surface area (Å²) in [6.45, 7) is 4.06. The molecule has 0 spiro atoms. The van der Waals surface area contributed by atoms with Crippen LogP contribution in [0.4, 0.5) is 0 Å². The van der Waals surface area contributed by atoms with Crippen molar-refractivity contribution in [3.8, 4) is 5.75 Å². The molecule has 0 bridgehead atoms. The van der Waals surface area contributed by atoms with Crippen LogP contribution in [-0.2, 0) is 0 Å². The van der Waals surface area contributed by atoms with E-state index in [0.717, 1.165) is 10.9 Å². The maximum atomic E-state index is 12.4. The second-order valence-corrected chi connectivity index (χ2v) is 6.66. The van der Waals surface area contributed by atoms with E-state index in [9.17, 15) is 4.79 Å². The number of hydrogen-bond donors (Lipinski definition) is 1. The SMILES string of the molecule is Cc1c(C(=O)NCC(C)Oc2ccc(Cl)cc2)oc2ccc(Cl)cc12. The quantitative estimate of drug-likeness (QED) is 0.660. The largest absolute Gasteiger partial charge is 0.489 e. The number of aryl methyl sites for hydroxylation is 1. The van der Waals surface area contributed by atoms with Gasteiger partial charge in [-0.25, -0.2) is 0 Å². The molecule has 25 heavy (non-hydrogen) atoms. The van der Waals surface area contributed by atoms with Crippen LogP contribution < -0.4 is 10.1 Å². The standard InChI is InChI=1S/C19H17Cl2NO3/c1-11(24-15-6-3-13(20)4-7-15)10-22-19(23)18-12(2)16-9-14(21)5-8-17(16)25-18/h3-9,11H,10H2,1-2H3,(H,22,23). The van der Waals surface area contributed by atoms with Gasteiger partial charge in [-0.15, -0.1) is 0 Å². The van der Waals surface area contributed by atoms with Gasteiger partial charge in [0.05, 0.1) is 6.54 Å². The molecule has 1 unspecified atom stereocenters. The van der Waals surface area contributed by atoms with Gasteiger partial charge in [0, 0.05) is 21.0 Å². The highest BCUT2D eigenvalue weighted by atomic mass is 35.5. The number of rotatable bonds is 5. The molecule has 0 saturated heterocycles. The third-order valence-electron chi connectivity index (χ3n) is 3.81. The molecule has 1 N–H and O–H groups in total. The first-order chi connectivity index (χ1) is 11.9. The second kappa shape index (κ2) is 7.38. The molecule has 3 rings (SSSR count). The van der Waals surface area contributed by atoms with E-state index in [0.29, 0.717) is 27.9 Å². The van der Waals surface area contributed by atoms with Gasteiger partial charge in [-0.1, -0.05) is 23.2 Å². The van der Waals surface area contributed by atoms with Crippen LogP contribution in [0.2, 0.25) is 10.0 Å². The Morgan fingerprint density at radius 2 is 1.84 bits per heavy atom. The van der Waals surface area contributed by atoms with Crippen LogP contribution in [0.3, 0.4) is 0 Å². The van der Waals surface area contributed by atoms with Crippen LogP contribution >= 0.6 is 23.2 Å². The monoisotopic (exact) mass is 377 g/mol. The molecule has 1 heterocycles. The molecule has 1 amide bonds. The minimum Gasteiger partial charge on any atom is -0.489 e. The summed E-state index contributed by atoms with van der Waals surface area (Å²) >= 11 is 11.8. The molecule has 6 heteroatoms. The third kappa shape index (κ3) is 4.09. The van der Waals surface area contributed by atoms with Crippen LogP contribution in [0.1, 0.15) is 23.0 Å². The summed E-state index contributed by atoms with van der Waals surface area (Å²) in [6.07, 6.45) is -0.204. The number of benzene rings is 2. The fraction of sp³-hybridized carbons (Fsp3) is 0.211. The van der Waals surface area contributed by atoms with Crippen LogP contribution in [0, 0.1) is 6.92 Å². The molecule has 0 saturated carbocycles. The molecular weight excluding hydrogens is 361 g/mol. The molecule has 1 atom stereocenters. The number of halogens is 2. The Balaban J connectivity index is 1.64. The van der Waals surface area contributed by atoms with Crippen molar-refractivity contribution < 1.29 is 13.9 Å². The predicted octanol–water partition coefficient (Wildman–Crippen LogP) is 5.25. The summed E-state index contributed by atoms with van der Waals surface area (Å²) in [5.74, 6) is 0.702. The number of nitrogens with one attached hydrogen (secondary N) is 1. The number of ether oxygens (including phenoxy) is 1. The van der Waals surface area contributed by atoms with Crippen molar-refractivity contribution in [2.45, 2.75) is 20.0 Å². The Kier molecular flexibility index (Phi) is 5.21. The average Bonchev–Trinajstić information content (AvgIpc) is 2.91. The molecule has 3 aromatic rings. The molecule has 0 aliphatic rings. The maximum absolute atomic E-state index is 12.4. The van der Waals surface area contributed by atoms with Crippen molar-refractivity contribution in [1.82, 2.24) is 5.32 Å². The molecule has 4 nitrogen and oxygen atoms in total. The zero-order valence-corrected chi connectivity index (χ0v) is 15.3. The molecule has 1 aromatic heterocycles. The van der Waals surface area contributed by atoms with Crippen LogP contribution in [0.5, 0.6) is 5.75 Å². The van der Waals surface area contributed by atoms with Crippen molar-refractivity contribution in [2.75, 3.05) is 6.54 Å². The lowest BCUT2D eigenvalue weighted by Crippen LogP contribution is -2.33. The van der Waals surface area contributed by atoms with Gasteiger partial charge in [-0.3, -0.25) is 4.79 Å². The van der Waals surface area contributed by atoms with E-state index < -0.39 is 0 Å². The minimum absolute atomic E-state index is 0.204. The number of furan rings is 1. The lowest BCUT2D eigenvalue weighted by molar-refractivity contribution is 0.0906. The Morgan fingerprint density at radius 1 is 1.16 bits per heavy atom. The summed E-state index contributed by atoms with van der Waals surface area (Å²) in [4.78, 5) is 12.4. The lowest BCUT2D eigenvalue weighted by Gasteiger charge is -2.15. The lowest BCUT2D eigenvalue weighted by atomic mass is 10.1. The molecule has 130 valence electrons. The Hall–Kier alpha value is -2.17. The van der Waals surface area contributed by atoms with Gasteiger partial charge >= 0.3 is 0 Å². The molecule has 0 radical (unpaired) electrons. The Morgan fingerprint density at radius 3 is 2.56 bits per heavy atom. The minimum atomic E-state index is -0.281. The van der Waals surface area contributed by atoms with Gasteiger partial charge < -0.3 is 14.5 Å². The van der Waals surface area contributed by atoms with E-state index in [1.54, 1.807) is 42.5 Å². The molecular formula is C19H17Cl2NO3. The maximum Gasteiger partial charge on any atom is 0.287 e. The first kappa shape index (κ1) is 17.6. The highest BCUT2D eigenvalue weighted by Gasteiger charge is 2.18. The van der Waals surface area contributed by atoms with E-state index in [1.165, 1.54) is 0 Å². The fourth-order valence-corrected chi connectivity index (χ4v) is 2.81. The Bertz CT molecular complexity index is 903. The van der Waals surface area contributed by atoms with E-state index in [1.807, 2.05) is 13.8 Å². The van der Waals surface area contributed by atoms with Gasteiger partial charge in [0.1, 0.15) is 17.4 Å². The van der Waals surface area contributed by atoms with Gasteiger partial charge in [0.25, 0.3) is 5.91 Å². The van der Waals surface area contributed by atoms with E-state index in [-0.39, 0.29) is 17.8 Å². The average molecular weight is 378 g/mol. The highest BCUT2D eigenvalue weighted by Crippen LogP contribution is 2.27. The summed E-state index contributed by atoms with van der Waals surface area (Å²) in [7, 11) is 0. The predicted molar refractivity (Wildman–Crippen MR) is 99.8 cm³/mol. The van der Waals surface area contributed by atoms with Gasteiger partial charge in [-0.05, 0) is 56.3 Å². The van der Waals surface area contributed by atoms with Crippen molar-refractivity contribution in [3.63, 3.8) is 0 Å². The van der Waals surface area contributed by atoms with Crippen molar-refractivity contribution >= 4 is 40.1 Å². The van der Waals surface area contributed by atoms with Crippen LogP contribution in [0.15, 0.2) is 46.9 Å². The first-order valence-corrected chi connectivity index (χ1v) is 8.58. The number of amides is 1. The third-order valence-corrected chi connectivity index (χ3v) is 4.29. The highest BCUT2D eigenvalue weighted by molar-refractivity contribution is 6.31. The summed E-state index contributed by atoms with van der Waals surface area (Å²) in [6, 6.07) is 12.4. The normalized spacial score (nSPS) is 12.2. The summed E-state index contributed by atoms with van der Waals surface area (Å²) in [5.41, 5.74) is 1.40. The zero-order valence-electron chi connectivity index (χ0n) is 13.8. The van der Waals surface area contributed by atoms with Crippen molar-refractivity contribution in [1.29, 1.82) is 0 Å². The summed E-state index contributed by atoms with van der Waals surface area (Å²) in [5, 5.41) is 4.92. The zero-order chi connectivity index (χ0) is 18.0. The van der Waals surface area contributed by atoms with Crippen LogP contribution in [-0.4, -0.2) is 18.6 Å². The molecule has 0 aliphatic heterocycles. The number of carbonyl (C=O) groups is 1. The number of fused-ring (bicyclic) bond motifs is 1. The molecule has 0 fully saturated rings. The fourth-order valence-electron chi connectivity index (χ4n) is 2.51. The second-order valence-electron chi connectivity index (χ2n) is 5.79. The number of hydrogen-bond acceptors (Lipinski definition) is 3.